The summed E-state index contributed by atoms with van der Waals surface area (Å²) in [6.07, 6.45) is 0.997. The number of rotatable bonds is 3. The Labute approximate surface area is 100 Å². The third-order valence-corrected chi connectivity index (χ3v) is 2.63. The van der Waals surface area contributed by atoms with Gasteiger partial charge in [0.2, 0.25) is 0 Å². The monoisotopic (exact) mass is 230 g/mol. The van der Waals surface area contributed by atoms with Gasteiger partial charge in [-0.3, -0.25) is 0 Å². The molecule has 0 aliphatic heterocycles. The van der Waals surface area contributed by atoms with E-state index >= 15 is 0 Å². The smallest absolute Gasteiger partial charge is 0.148 e. The molecule has 3 N–H and O–H groups in total. The van der Waals surface area contributed by atoms with Gasteiger partial charge in [-0.15, -0.1) is 0 Å². The Morgan fingerprint density at radius 2 is 1.82 bits per heavy atom. The Morgan fingerprint density at radius 1 is 1.12 bits per heavy atom. The van der Waals surface area contributed by atoms with Gasteiger partial charge in [-0.2, -0.15) is 0 Å². The number of hydrogen-bond donors (Lipinski definition) is 2. The molecule has 2 aromatic rings. The van der Waals surface area contributed by atoms with Gasteiger partial charge in [-0.1, -0.05) is 19.1 Å². The summed E-state index contributed by atoms with van der Waals surface area (Å²) in [5.74, 6) is -0.343. The van der Waals surface area contributed by atoms with Crippen LogP contribution in [0.25, 0.3) is 0 Å². The number of halogens is 1. The van der Waals surface area contributed by atoms with Crippen molar-refractivity contribution in [3.8, 4) is 0 Å². The first-order valence-corrected chi connectivity index (χ1v) is 5.60. The third kappa shape index (κ3) is 2.75. The molecule has 0 atom stereocenters. The molecule has 2 aromatic carbocycles. The summed E-state index contributed by atoms with van der Waals surface area (Å²) in [5, 5.41) is 3.02. The fraction of sp³-hybridized carbons (Fsp3) is 0.143. The molecule has 0 fully saturated rings. The molecule has 2 rings (SSSR count). The van der Waals surface area contributed by atoms with Gasteiger partial charge in [0.05, 0.1) is 5.69 Å². The maximum atomic E-state index is 13.5. The Balaban J connectivity index is 2.19. The van der Waals surface area contributed by atoms with E-state index in [1.165, 1.54) is 11.6 Å². The third-order valence-electron chi connectivity index (χ3n) is 2.63. The summed E-state index contributed by atoms with van der Waals surface area (Å²) in [5.41, 5.74) is 8.47. The summed E-state index contributed by atoms with van der Waals surface area (Å²) in [7, 11) is 0. The van der Waals surface area contributed by atoms with Gasteiger partial charge in [-0.05, 0) is 42.3 Å². The molecular formula is C14H15FN2. The second-order valence-electron chi connectivity index (χ2n) is 3.91. The molecule has 17 heavy (non-hydrogen) atoms. The van der Waals surface area contributed by atoms with Crippen molar-refractivity contribution < 1.29 is 4.39 Å². The summed E-state index contributed by atoms with van der Waals surface area (Å²) >= 11 is 0. The number of benzene rings is 2. The lowest BCUT2D eigenvalue weighted by Gasteiger charge is -2.08. The fourth-order valence-corrected chi connectivity index (χ4v) is 1.61. The predicted molar refractivity (Wildman–Crippen MR) is 69.9 cm³/mol. The molecule has 0 bridgehead atoms. The molecule has 0 aromatic heterocycles. The first-order chi connectivity index (χ1) is 8.19. The highest BCUT2D eigenvalue weighted by Gasteiger charge is 2.02. The summed E-state index contributed by atoms with van der Waals surface area (Å²) in [4.78, 5) is 0. The predicted octanol–water partition coefficient (Wildman–Crippen LogP) is 3.71. The zero-order chi connectivity index (χ0) is 12.3. The summed E-state index contributed by atoms with van der Waals surface area (Å²) < 4.78 is 13.5. The molecule has 0 heterocycles. The van der Waals surface area contributed by atoms with E-state index in [1.807, 2.05) is 24.3 Å². The van der Waals surface area contributed by atoms with E-state index < -0.39 is 0 Å². The first-order valence-electron chi connectivity index (χ1n) is 5.60. The molecule has 0 saturated heterocycles. The number of hydrogen-bond acceptors (Lipinski definition) is 2. The molecule has 0 saturated carbocycles. The minimum Gasteiger partial charge on any atom is -0.399 e. The lowest BCUT2D eigenvalue weighted by Crippen LogP contribution is -1.95. The highest BCUT2D eigenvalue weighted by molar-refractivity contribution is 5.62. The molecule has 0 aliphatic rings. The zero-order valence-corrected chi connectivity index (χ0v) is 9.70. The van der Waals surface area contributed by atoms with Gasteiger partial charge >= 0.3 is 0 Å². The van der Waals surface area contributed by atoms with Gasteiger partial charge in [0.1, 0.15) is 5.82 Å². The van der Waals surface area contributed by atoms with Crippen molar-refractivity contribution in [1.82, 2.24) is 0 Å². The SMILES string of the molecule is CCc1ccc(Nc2ccc(N)cc2F)cc1. The van der Waals surface area contributed by atoms with Crippen LogP contribution in [0.5, 0.6) is 0 Å². The van der Waals surface area contributed by atoms with E-state index in [1.54, 1.807) is 12.1 Å². The van der Waals surface area contributed by atoms with Crippen molar-refractivity contribution in [3.63, 3.8) is 0 Å². The van der Waals surface area contributed by atoms with Crippen LogP contribution in [-0.2, 0) is 6.42 Å². The highest BCUT2D eigenvalue weighted by atomic mass is 19.1. The fourth-order valence-electron chi connectivity index (χ4n) is 1.61. The molecule has 0 unspecified atom stereocenters. The van der Waals surface area contributed by atoms with Gasteiger partial charge < -0.3 is 11.1 Å². The molecule has 88 valence electrons. The van der Waals surface area contributed by atoms with E-state index in [0.29, 0.717) is 11.4 Å². The number of aryl methyl sites for hydroxylation is 1. The lowest BCUT2D eigenvalue weighted by molar-refractivity contribution is 0.632. The van der Waals surface area contributed by atoms with Gasteiger partial charge in [0.15, 0.2) is 0 Å². The van der Waals surface area contributed by atoms with Crippen LogP contribution >= 0.6 is 0 Å². The van der Waals surface area contributed by atoms with Gasteiger partial charge in [0.25, 0.3) is 0 Å². The average molecular weight is 230 g/mol. The average Bonchev–Trinajstić information content (AvgIpc) is 2.34. The lowest BCUT2D eigenvalue weighted by atomic mass is 10.1. The maximum absolute atomic E-state index is 13.5. The standard InChI is InChI=1S/C14H15FN2/c1-2-10-3-6-12(7-4-10)17-14-8-5-11(16)9-13(14)15/h3-9,17H,2,16H2,1H3. The second kappa shape index (κ2) is 4.87. The maximum Gasteiger partial charge on any atom is 0.148 e. The van der Waals surface area contributed by atoms with Crippen LogP contribution < -0.4 is 11.1 Å². The van der Waals surface area contributed by atoms with Crippen LogP contribution in [0.15, 0.2) is 42.5 Å². The highest BCUT2D eigenvalue weighted by Crippen LogP contribution is 2.22. The Hall–Kier alpha value is -2.03. The van der Waals surface area contributed by atoms with Crippen molar-refractivity contribution >= 4 is 17.1 Å². The zero-order valence-electron chi connectivity index (χ0n) is 9.70. The van der Waals surface area contributed by atoms with Crippen LogP contribution in [0, 0.1) is 5.82 Å². The number of nitrogens with one attached hydrogen (secondary N) is 1. The molecule has 3 heteroatoms. The quantitative estimate of drug-likeness (QED) is 0.789. The molecule has 0 amide bonds. The number of nitrogens with two attached hydrogens (primary N) is 1. The van der Waals surface area contributed by atoms with E-state index in [4.69, 9.17) is 5.73 Å². The van der Waals surface area contributed by atoms with Crippen LogP contribution in [0.3, 0.4) is 0 Å². The van der Waals surface area contributed by atoms with E-state index in [2.05, 4.69) is 12.2 Å². The van der Waals surface area contributed by atoms with Gasteiger partial charge in [-0.25, -0.2) is 4.39 Å². The van der Waals surface area contributed by atoms with Crippen LogP contribution in [-0.4, -0.2) is 0 Å². The topological polar surface area (TPSA) is 38.0 Å². The van der Waals surface area contributed by atoms with Crippen molar-refractivity contribution in [1.29, 1.82) is 0 Å². The molecule has 0 aliphatic carbocycles. The normalized spacial score (nSPS) is 10.2. The van der Waals surface area contributed by atoms with Gasteiger partial charge in [0, 0.05) is 11.4 Å². The number of nitrogen functional groups attached to an aromatic ring is 1. The van der Waals surface area contributed by atoms with Crippen molar-refractivity contribution in [3.05, 3.63) is 53.8 Å². The molecule has 2 nitrogen and oxygen atoms in total. The molecular weight excluding hydrogens is 215 g/mol. The summed E-state index contributed by atoms with van der Waals surface area (Å²) in [6, 6.07) is 12.5. The largest absolute Gasteiger partial charge is 0.399 e. The van der Waals surface area contributed by atoms with Crippen molar-refractivity contribution in [2.24, 2.45) is 0 Å². The first kappa shape index (κ1) is 11.5. The van der Waals surface area contributed by atoms with Crippen LogP contribution in [0.2, 0.25) is 0 Å². The van der Waals surface area contributed by atoms with Crippen LogP contribution in [0.4, 0.5) is 21.5 Å². The van der Waals surface area contributed by atoms with E-state index in [-0.39, 0.29) is 5.82 Å². The van der Waals surface area contributed by atoms with Crippen molar-refractivity contribution in [2.45, 2.75) is 13.3 Å². The molecule has 0 spiro atoms. The molecule has 0 radical (unpaired) electrons. The Kier molecular flexibility index (Phi) is 3.28. The second-order valence-corrected chi connectivity index (χ2v) is 3.91. The van der Waals surface area contributed by atoms with E-state index in [9.17, 15) is 4.39 Å². The Morgan fingerprint density at radius 3 is 2.41 bits per heavy atom. The summed E-state index contributed by atoms with van der Waals surface area (Å²) in [6.45, 7) is 2.10. The van der Waals surface area contributed by atoms with Crippen molar-refractivity contribution in [2.75, 3.05) is 11.1 Å². The minimum atomic E-state index is -0.343. The minimum absolute atomic E-state index is 0.343. The number of anilines is 3. The Bertz CT molecular complexity index is 506. The van der Waals surface area contributed by atoms with Crippen LogP contribution in [0.1, 0.15) is 12.5 Å². The van der Waals surface area contributed by atoms with E-state index in [0.717, 1.165) is 12.1 Å².